The lowest BCUT2D eigenvalue weighted by Crippen LogP contribution is -2.49. The minimum absolute atomic E-state index is 0.209. The first-order chi connectivity index (χ1) is 10.5. The summed E-state index contributed by atoms with van der Waals surface area (Å²) in [6.45, 7) is 2.99. The molecule has 2 atom stereocenters. The summed E-state index contributed by atoms with van der Waals surface area (Å²) in [6.07, 6.45) is 2.92. The fourth-order valence-electron chi connectivity index (χ4n) is 2.26. The highest BCUT2D eigenvalue weighted by molar-refractivity contribution is 5.82. The molecule has 1 fully saturated rings. The smallest absolute Gasteiger partial charge is 0.330 e. The van der Waals surface area contributed by atoms with Gasteiger partial charge >= 0.3 is 5.97 Å². The van der Waals surface area contributed by atoms with E-state index in [0.29, 0.717) is 18.7 Å². The zero-order chi connectivity index (χ0) is 16.1. The van der Waals surface area contributed by atoms with Crippen molar-refractivity contribution < 1.29 is 22.7 Å². The maximum Gasteiger partial charge on any atom is 0.330 e. The van der Waals surface area contributed by atoms with Gasteiger partial charge in [-0.1, -0.05) is 6.08 Å². The molecule has 1 saturated heterocycles. The number of ether oxygens (including phenoxy) is 1. The van der Waals surface area contributed by atoms with Gasteiger partial charge in [-0.15, -0.1) is 0 Å². The van der Waals surface area contributed by atoms with E-state index in [9.17, 15) is 18.0 Å². The monoisotopic (exact) mass is 314 g/mol. The third kappa shape index (κ3) is 4.08. The van der Waals surface area contributed by atoms with Crippen LogP contribution in [0.2, 0.25) is 0 Å². The minimum atomic E-state index is -1.48. The average Bonchev–Trinajstić information content (AvgIpc) is 2.51. The third-order valence-corrected chi connectivity index (χ3v) is 3.29. The summed E-state index contributed by atoms with van der Waals surface area (Å²) in [5.74, 6) is -4.38. The van der Waals surface area contributed by atoms with Crippen molar-refractivity contribution >= 4 is 5.97 Å². The van der Waals surface area contributed by atoms with Gasteiger partial charge in [-0.2, -0.15) is 0 Å². The van der Waals surface area contributed by atoms with E-state index in [1.807, 2.05) is 0 Å². The summed E-state index contributed by atoms with van der Waals surface area (Å²) < 4.78 is 44.3. The minimum Gasteiger partial charge on any atom is -0.463 e. The second-order valence-corrected chi connectivity index (χ2v) is 4.89. The SMILES string of the molecule is CCOC(=O)C=CC1CNCC(c2cc(F)c(F)c(F)c2)N1. The van der Waals surface area contributed by atoms with Crippen LogP contribution in [0.1, 0.15) is 18.5 Å². The Hall–Kier alpha value is -1.86. The summed E-state index contributed by atoms with van der Waals surface area (Å²) >= 11 is 0. The Morgan fingerprint density at radius 3 is 2.64 bits per heavy atom. The normalized spacial score (nSPS) is 22.0. The number of carbonyl (C=O) groups is 1. The Kier molecular flexibility index (Phi) is 5.57. The lowest BCUT2D eigenvalue weighted by molar-refractivity contribution is -0.137. The predicted molar refractivity (Wildman–Crippen MR) is 74.6 cm³/mol. The van der Waals surface area contributed by atoms with Gasteiger partial charge in [-0.05, 0) is 24.6 Å². The van der Waals surface area contributed by atoms with Crippen LogP contribution < -0.4 is 10.6 Å². The highest BCUT2D eigenvalue weighted by Crippen LogP contribution is 2.21. The largest absolute Gasteiger partial charge is 0.463 e. The molecule has 1 aliphatic rings. The Bertz CT molecular complexity index is 555. The van der Waals surface area contributed by atoms with Crippen molar-refractivity contribution in [3.8, 4) is 0 Å². The van der Waals surface area contributed by atoms with Crippen molar-refractivity contribution in [2.24, 2.45) is 0 Å². The Morgan fingerprint density at radius 2 is 2.00 bits per heavy atom. The van der Waals surface area contributed by atoms with Crippen LogP contribution in [0.25, 0.3) is 0 Å². The zero-order valence-electron chi connectivity index (χ0n) is 12.0. The van der Waals surface area contributed by atoms with Crippen molar-refractivity contribution in [1.82, 2.24) is 10.6 Å². The number of hydrogen-bond donors (Lipinski definition) is 2. The molecule has 0 aliphatic carbocycles. The van der Waals surface area contributed by atoms with E-state index in [2.05, 4.69) is 10.6 Å². The number of benzene rings is 1. The molecule has 0 radical (unpaired) electrons. The van der Waals surface area contributed by atoms with E-state index in [4.69, 9.17) is 4.74 Å². The molecule has 0 spiro atoms. The van der Waals surface area contributed by atoms with Gasteiger partial charge in [0.05, 0.1) is 6.61 Å². The number of nitrogens with one attached hydrogen (secondary N) is 2. The average molecular weight is 314 g/mol. The third-order valence-electron chi connectivity index (χ3n) is 3.29. The van der Waals surface area contributed by atoms with Crippen LogP contribution in [0, 0.1) is 17.5 Å². The maximum atomic E-state index is 13.3. The number of piperazine rings is 1. The van der Waals surface area contributed by atoms with Crippen LogP contribution >= 0.6 is 0 Å². The summed E-state index contributed by atoms with van der Waals surface area (Å²) in [6, 6.07) is 1.33. The summed E-state index contributed by atoms with van der Waals surface area (Å²) in [4.78, 5) is 11.3. The van der Waals surface area contributed by atoms with Crippen LogP contribution in [0.15, 0.2) is 24.3 Å². The van der Waals surface area contributed by atoms with E-state index in [-0.39, 0.29) is 12.6 Å². The molecule has 1 heterocycles. The number of rotatable bonds is 4. The van der Waals surface area contributed by atoms with Gasteiger partial charge in [0.25, 0.3) is 0 Å². The van der Waals surface area contributed by atoms with Gasteiger partial charge in [0.2, 0.25) is 0 Å². The first kappa shape index (κ1) is 16.5. The molecular weight excluding hydrogens is 297 g/mol. The molecule has 1 aromatic carbocycles. The molecule has 1 aliphatic heterocycles. The second-order valence-electron chi connectivity index (χ2n) is 4.89. The lowest BCUT2D eigenvalue weighted by Gasteiger charge is -2.30. The van der Waals surface area contributed by atoms with Crippen molar-refractivity contribution in [2.45, 2.75) is 19.0 Å². The zero-order valence-corrected chi connectivity index (χ0v) is 12.0. The predicted octanol–water partition coefficient (Wildman–Crippen LogP) is 1.83. The maximum absolute atomic E-state index is 13.3. The molecule has 0 amide bonds. The van der Waals surface area contributed by atoms with E-state index >= 15 is 0 Å². The quantitative estimate of drug-likeness (QED) is 0.506. The lowest BCUT2D eigenvalue weighted by atomic mass is 10.0. The van der Waals surface area contributed by atoms with Crippen molar-refractivity contribution in [3.63, 3.8) is 0 Å². The fraction of sp³-hybridized carbons (Fsp3) is 0.400. The number of halogens is 3. The molecule has 0 bridgehead atoms. The molecule has 7 heteroatoms. The van der Waals surface area contributed by atoms with Crippen LogP contribution in [0.4, 0.5) is 13.2 Å². The first-order valence-electron chi connectivity index (χ1n) is 6.97. The topological polar surface area (TPSA) is 50.4 Å². The summed E-state index contributed by atoms with van der Waals surface area (Å²) in [5.41, 5.74) is 0.304. The molecule has 1 aromatic rings. The van der Waals surface area contributed by atoms with Crippen LogP contribution in [-0.4, -0.2) is 31.7 Å². The first-order valence-corrected chi connectivity index (χ1v) is 6.97. The Morgan fingerprint density at radius 1 is 1.32 bits per heavy atom. The van der Waals surface area contributed by atoms with E-state index < -0.39 is 29.5 Å². The molecule has 2 unspecified atom stereocenters. The van der Waals surface area contributed by atoms with Crippen molar-refractivity contribution in [1.29, 1.82) is 0 Å². The summed E-state index contributed by atoms with van der Waals surface area (Å²) in [7, 11) is 0. The van der Waals surface area contributed by atoms with E-state index in [0.717, 1.165) is 12.1 Å². The van der Waals surface area contributed by atoms with E-state index in [1.165, 1.54) is 6.08 Å². The Balaban J connectivity index is 2.06. The van der Waals surface area contributed by atoms with Crippen molar-refractivity contribution in [3.05, 3.63) is 47.3 Å². The van der Waals surface area contributed by atoms with Gasteiger partial charge in [0.15, 0.2) is 17.5 Å². The standard InChI is InChI=1S/C15H17F3N2O2/c1-2-22-14(21)4-3-10-7-19-8-13(20-10)9-5-11(16)15(18)12(17)6-9/h3-6,10,13,19-20H,2,7-8H2,1H3. The molecule has 2 N–H and O–H groups in total. The van der Waals surface area contributed by atoms with Gasteiger partial charge in [0.1, 0.15) is 0 Å². The van der Waals surface area contributed by atoms with Crippen LogP contribution in [0.5, 0.6) is 0 Å². The number of hydrogen-bond acceptors (Lipinski definition) is 4. The highest BCUT2D eigenvalue weighted by atomic mass is 19.2. The van der Waals surface area contributed by atoms with Gasteiger partial charge < -0.3 is 15.4 Å². The Labute approximate surface area is 126 Å². The second kappa shape index (κ2) is 7.42. The van der Waals surface area contributed by atoms with Gasteiger partial charge in [-0.3, -0.25) is 0 Å². The van der Waals surface area contributed by atoms with Crippen LogP contribution in [-0.2, 0) is 9.53 Å². The van der Waals surface area contributed by atoms with Gasteiger partial charge in [0, 0.05) is 31.2 Å². The molecule has 2 rings (SSSR count). The highest BCUT2D eigenvalue weighted by Gasteiger charge is 2.23. The molecular formula is C15H17F3N2O2. The molecule has 22 heavy (non-hydrogen) atoms. The fourth-order valence-corrected chi connectivity index (χ4v) is 2.26. The van der Waals surface area contributed by atoms with E-state index in [1.54, 1.807) is 13.0 Å². The molecule has 0 saturated carbocycles. The number of carbonyl (C=O) groups excluding carboxylic acids is 1. The number of esters is 1. The summed E-state index contributed by atoms with van der Waals surface area (Å²) in [5, 5.41) is 6.22. The van der Waals surface area contributed by atoms with Crippen molar-refractivity contribution in [2.75, 3.05) is 19.7 Å². The van der Waals surface area contributed by atoms with Gasteiger partial charge in [-0.25, -0.2) is 18.0 Å². The molecule has 0 aromatic heterocycles. The molecule has 120 valence electrons. The van der Waals surface area contributed by atoms with Crippen LogP contribution in [0.3, 0.4) is 0 Å². The molecule has 4 nitrogen and oxygen atoms in total.